The molecule has 2 aliphatic carbocycles. The number of benzene rings is 1. The monoisotopic (exact) mass is 437 g/mol. The van der Waals surface area contributed by atoms with Crippen molar-refractivity contribution in [1.82, 2.24) is 4.57 Å². The Balaban J connectivity index is 1.50. The van der Waals surface area contributed by atoms with E-state index in [1.54, 1.807) is 29.5 Å². The Hall–Kier alpha value is -2.17. The van der Waals surface area contributed by atoms with Crippen molar-refractivity contribution in [3.05, 3.63) is 62.1 Å². The summed E-state index contributed by atoms with van der Waals surface area (Å²) < 4.78 is 3.51. The molecule has 0 N–H and O–H groups in total. The smallest absolute Gasteiger partial charge is 0.197 e. The lowest BCUT2D eigenvalue weighted by Crippen LogP contribution is -2.08. The van der Waals surface area contributed by atoms with Crippen molar-refractivity contribution in [3.8, 4) is 0 Å². The molecule has 3 nitrogen and oxygen atoms in total. The van der Waals surface area contributed by atoms with Crippen LogP contribution in [0.4, 0.5) is 0 Å². The Bertz CT molecular complexity index is 1220. The number of nitrogens with zero attached hydrogens (tertiary/aromatic N) is 1. The molecule has 0 radical (unpaired) electrons. The molecule has 3 aromatic rings. The van der Waals surface area contributed by atoms with Crippen LogP contribution in [0.25, 0.3) is 16.3 Å². The SMILES string of the molecule is CCc1cc2c(cc1Cl)C(=O)/C(=C\c1cc3c(cc(C4CCCCC4)n3C)s1)C2=O. The second-order valence-electron chi connectivity index (χ2n) is 8.42. The lowest BCUT2D eigenvalue weighted by Gasteiger charge is -2.22. The summed E-state index contributed by atoms with van der Waals surface area (Å²) in [5.41, 5.74) is 4.64. The first-order valence-electron chi connectivity index (χ1n) is 10.7. The number of Topliss-reactive ketones (excluding diaryl/α,β-unsaturated/α-hetero) is 2. The molecule has 2 aliphatic rings. The molecule has 30 heavy (non-hydrogen) atoms. The molecule has 1 saturated carbocycles. The highest BCUT2D eigenvalue weighted by Gasteiger charge is 2.34. The van der Waals surface area contributed by atoms with Crippen molar-refractivity contribution in [1.29, 1.82) is 0 Å². The van der Waals surface area contributed by atoms with Gasteiger partial charge in [-0.1, -0.05) is 37.8 Å². The van der Waals surface area contributed by atoms with Gasteiger partial charge in [0.25, 0.3) is 0 Å². The topological polar surface area (TPSA) is 39.1 Å². The lowest BCUT2D eigenvalue weighted by atomic mass is 9.87. The van der Waals surface area contributed by atoms with Crippen LogP contribution in [-0.2, 0) is 13.5 Å². The fourth-order valence-electron chi connectivity index (χ4n) is 4.94. The van der Waals surface area contributed by atoms with E-state index in [1.165, 1.54) is 48.0 Å². The van der Waals surface area contributed by atoms with Crippen LogP contribution < -0.4 is 0 Å². The third-order valence-electron chi connectivity index (χ3n) is 6.64. The zero-order chi connectivity index (χ0) is 21.0. The van der Waals surface area contributed by atoms with Gasteiger partial charge in [0, 0.05) is 33.8 Å². The minimum atomic E-state index is -0.222. The summed E-state index contributed by atoms with van der Waals surface area (Å²) >= 11 is 7.93. The molecule has 154 valence electrons. The zero-order valence-electron chi connectivity index (χ0n) is 17.3. The molecule has 5 heteroatoms. The fourth-order valence-corrected chi connectivity index (χ4v) is 6.32. The largest absolute Gasteiger partial charge is 0.347 e. The molecule has 1 fully saturated rings. The zero-order valence-corrected chi connectivity index (χ0v) is 18.8. The van der Waals surface area contributed by atoms with Crippen LogP contribution >= 0.6 is 22.9 Å². The van der Waals surface area contributed by atoms with E-state index in [2.05, 4.69) is 23.7 Å². The third kappa shape index (κ3) is 3.09. The van der Waals surface area contributed by atoms with Crippen molar-refractivity contribution >= 4 is 50.8 Å². The normalized spacial score (nSPS) is 18.7. The number of aryl methyl sites for hydroxylation is 2. The Kier molecular flexibility index (Phi) is 4.95. The van der Waals surface area contributed by atoms with E-state index in [-0.39, 0.29) is 17.1 Å². The maximum absolute atomic E-state index is 12.9. The van der Waals surface area contributed by atoms with Crippen molar-refractivity contribution < 1.29 is 9.59 Å². The number of carbonyl (C=O) groups excluding carboxylic acids is 2. The van der Waals surface area contributed by atoms with Gasteiger partial charge in [0.2, 0.25) is 0 Å². The van der Waals surface area contributed by atoms with Crippen molar-refractivity contribution in [2.24, 2.45) is 7.05 Å². The molecule has 0 saturated heterocycles. The first-order chi connectivity index (χ1) is 14.5. The maximum atomic E-state index is 12.9. The predicted molar refractivity (Wildman–Crippen MR) is 124 cm³/mol. The molecular weight excluding hydrogens is 414 g/mol. The second-order valence-corrected chi connectivity index (χ2v) is 9.94. The number of hydrogen-bond acceptors (Lipinski definition) is 3. The minimum absolute atomic E-state index is 0.193. The number of fused-ring (bicyclic) bond motifs is 2. The Morgan fingerprint density at radius 3 is 2.43 bits per heavy atom. The summed E-state index contributed by atoms with van der Waals surface area (Å²) in [6.45, 7) is 1.99. The molecule has 0 unspecified atom stereocenters. The number of ketones is 2. The van der Waals surface area contributed by atoms with Crippen LogP contribution in [0.5, 0.6) is 0 Å². The van der Waals surface area contributed by atoms with E-state index in [9.17, 15) is 9.59 Å². The van der Waals surface area contributed by atoms with Crippen LogP contribution in [0, 0.1) is 0 Å². The summed E-state index contributed by atoms with van der Waals surface area (Å²) in [5.74, 6) is 0.233. The Labute approximate surface area is 185 Å². The molecule has 2 heterocycles. The van der Waals surface area contributed by atoms with E-state index in [0.29, 0.717) is 22.1 Å². The van der Waals surface area contributed by atoms with Crippen LogP contribution in [0.15, 0.2) is 29.8 Å². The van der Waals surface area contributed by atoms with E-state index in [1.807, 2.05) is 6.92 Å². The highest BCUT2D eigenvalue weighted by atomic mass is 35.5. The summed E-state index contributed by atoms with van der Waals surface area (Å²) in [6.07, 6.45) is 9.01. The Morgan fingerprint density at radius 1 is 1.07 bits per heavy atom. The minimum Gasteiger partial charge on any atom is -0.347 e. The fraction of sp³-hybridized carbons (Fsp3) is 0.360. The number of allylic oxidation sites excluding steroid dienone is 1. The van der Waals surface area contributed by atoms with Gasteiger partial charge in [0.15, 0.2) is 11.6 Å². The van der Waals surface area contributed by atoms with Crippen molar-refractivity contribution in [2.45, 2.75) is 51.4 Å². The summed E-state index contributed by atoms with van der Waals surface area (Å²) in [7, 11) is 2.13. The van der Waals surface area contributed by atoms with E-state index >= 15 is 0 Å². The predicted octanol–water partition coefficient (Wildman–Crippen LogP) is 6.97. The van der Waals surface area contributed by atoms with Gasteiger partial charge in [0.1, 0.15) is 0 Å². The number of carbonyl (C=O) groups is 2. The highest BCUT2D eigenvalue weighted by molar-refractivity contribution is 7.19. The van der Waals surface area contributed by atoms with Crippen LogP contribution in [0.3, 0.4) is 0 Å². The first kappa shape index (κ1) is 19.8. The maximum Gasteiger partial charge on any atom is 0.197 e. The number of halogens is 1. The van der Waals surface area contributed by atoms with Gasteiger partial charge >= 0.3 is 0 Å². The van der Waals surface area contributed by atoms with Gasteiger partial charge in [-0.15, -0.1) is 11.3 Å². The van der Waals surface area contributed by atoms with E-state index < -0.39 is 0 Å². The van der Waals surface area contributed by atoms with Gasteiger partial charge in [-0.25, -0.2) is 0 Å². The quantitative estimate of drug-likeness (QED) is 0.328. The molecule has 2 aromatic heterocycles. The standard InChI is InChI=1S/C25H24ClNO2S/c1-3-14-9-17-18(12-20(14)26)25(29)19(24(17)28)10-16-11-22-23(30-16)13-21(27(22)2)15-7-5-4-6-8-15/h9-13,15H,3-8H2,1-2H3/b19-10-. The molecule has 5 rings (SSSR count). The van der Waals surface area contributed by atoms with Gasteiger partial charge in [0.05, 0.1) is 15.8 Å². The third-order valence-corrected chi connectivity index (χ3v) is 8.01. The number of thiophene rings is 1. The van der Waals surface area contributed by atoms with Gasteiger partial charge < -0.3 is 4.57 Å². The molecular formula is C25H24ClNO2S. The highest BCUT2D eigenvalue weighted by Crippen LogP contribution is 2.39. The molecule has 0 bridgehead atoms. The van der Waals surface area contributed by atoms with E-state index in [0.717, 1.165) is 16.9 Å². The summed E-state index contributed by atoms with van der Waals surface area (Å²) in [6, 6.07) is 7.84. The average Bonchev–Trinajstić information content (AvgIpc) is 3.36. The second kappa shape index (κ2) is 7.51. The molecule has 0 aliphatic heterocycles. The number of hydrogen-bond donors (Lipinski definition) is 0. The number of aromatic nitrogens is 1. The van der Waals surface area contributed by atoms with Gasteiger partial charge in [-0.3, -0.25) is 9.59 Å². The van der Waals surface area contributed by atoms with Crippen LogP contribution in [0.2, 0.25) is 5.02 Å². The van der Waals surface area contributed by atoms with Gasteiger partial charge in [-0.05, 0) is 61.1 Å². The van der Waals surface area contributed by atoms with Crippen molar-refractivity contribution in [3.63, 3.8) is 0 Å². The Morgan fingerprint density at radius 2 is 1.77 bits per heavy atom. The number of rotatable bonds is 3. The summed E-state index contributed by atoms with van der Waals surface area (Å²) in [4.78, 5) is 26.8. The first-order valence-corrected chi connectivity index (χ1v) is 11.9. The molecule has 1 aromatic carbocycles. The van der Waals surface area contributed by atoms with Crippen LogP contribution in [0.1, 0.15) is 81.8 Å². The molecule has 0 amide bonds. The molecule has 0 atom stereocenters. The lowest BCUT2D eigenvalue weighted by molar-refractivity contribution is 0.0990. The van der Waals surface area contributed by atoms with E-state index in [4.69, 9.17) is 11.6 Å². The molecule has 0 spiro atoms. The van der Waals surface area contributed by atoms with Gasteiger partial charge in [-0.2, -0.15) is 0 Å². The average molecular weight is 438 g/mol. The van der Waals surface area contributed by atoms with Crippen LogP contribution in [-0.4, -0.2) is 16.1 Å². The van der Waals surface area contributed by atoms with Crippen molar-refractivity contribution in [2.75, 3.05) is 0 Å². The summed E-state index contributed by atoms with van der Waals surface area (Å²) in [5, 5.41) is 0.552.